The van der Waals surface area contributed by atoms with E-state index in [4.69, 9.17) is 0 Å². The number of nitro groups is 1. The van der Waals surface area contributed by atoms with E-state index in [1.807, 2.05) is 6.92 Å². The van der Waals surface area contributed by atoms with E-state index in [1.54, 1.807) is 6.92 Å². The molecule has 0 saturated heterocycles. The van der Waals surface area contributed by atoms with Gasteiger partial charge in [-0.05, 0) is 18.9 Å². The Morgan fingerprint density at radius 1 is 1.30 bits per heavy atom. The van der Waals surface area contributed by atoms with Gasteiger partial charge in [0.1, 0.15) is 0 Å². The molecule has 0 unspecified atom stereocenters. The van der Waals surface area contributed by atoms with Crippen molar-refractivity contribution in [3.63, 3.8) is 0 Å². The molecule has 20 heavy (non-hydrogen) atoms. The van der Waals surface area contributed by atoms with Crippen LogP contribution < -0.4 is 10.6 Å². The van der Waals surface area contributed by atoms with E-state index in [2.05, 4.69) is 10.6 Å². The lowest BCUT2D eigenvalue weighted by Gasteiger charge is -2.06. The quantitative estimate of drug-likeness (QED) is 0.635. The summed E-state index contributed by atoms with van der Waals surface area (Å²) >= 11 is 0. The van der Waals surface area contributed by atoms with E-state index in [0.717, 1.165) is 6.42 Å². The van der Waals surface area contributed by atoms with Gasteiger partial charge in [-0.3, -0.25) is 20.2 Å². The van der Waals surface area contributed by atoms with Crippen LogP contribution in [0.1, 0.15) is 36.2 Å². The summed E-state index contributed by atoms with van der Waals surface area (Å²) in [6.07, 6.45) is 1.24. The number of rotatable bonds is 5. The third-order valence-electron chi connectivity index (χ3n) is 2.69. The minimum Gasteiger partial charge on any atom is -0.338 e. The van der Waals surface area contributed by atoms with Crippen molar-refractivity contribution < 1.29 is 14.5 Å². The molecule has 3 amide bonds. The van der Waals surface area contributed by atoms with E-state index >= 15 is 0 Å². The number of carbonyl (C=O) groups excluding carboxylic acids is 2. The maximum atomic E-state index is 11.8. The normalized spacial score (nSPS) is 9.90. The van der Waals surface area contributed by atoms with Crippen LogP contribution >= 0.6 is 0 Å². The molecule has 0 bridgehead atoms. The topological polar surface area (TPSA) is 101 Å². The fraction of sp³-hybridized carbons (Fsp3) is 0.385. The van der Waals surface area contributed by atoms with E-state index in [0.29, 0.717) is 18.5 Å². The Kier molecular flexibility index (Phi) is 5.64. The maximum absolute atomic E-state index is 11.8. The van der Waals surface area contributed by atoms with Gasteiger partial charge in [0.05, 0.1) is 4.92 Å². The van der Waals surface area contributed by atoms with Crippen molar-refractivity contribution in [1.29, 1.82) is 0 Å². The number of urea groups is 1. The third-order valence-corrected chi connectivity index (χ3v) is 2.69. The first-order valence-corrected chi connectivity index (χ1v) is 6.36. The van der Waals surface area contributed by atoms with Crippen LogP contribution in [-0.2, 0) is 6.42 Å². The largest absolute Gasteiger partial charge is 0.338 e. The summed E-state index contributed by atoms with van der Waals surface area (Å²) in [6.45, 7) is 4.13. The van der Waals surface area contributed by atoms with Crippen LogP contribution in [0.4, 0.5) is 10.5 Å². The van der Waals surface area contributed by atoms with Crippen LogP contribution in [0.25, 0.3) is 0 Å². The second kappa shape index (κ2) is 7.22. The van der Waals surface area contributed by atoms with Crippen LogP contribution in [0.3, 0.4) is 0 Å². The fourth-order valence-corrected chi connectivity index (χ4v) is 1.63. The summed E-state index contributed by atoms with van der Waals surface area (Å²) in [5.41, 5.74) is 0.511. The average molecular weight is 279 g/mol. The molecule has 0 saturated carbocycles. The van der Waals surface area contributed by atoms with Gasteiger partial charge in [-0.25, -0.2) is 4.79 Å². The Balaban J connectivity index is 2.86. The molecular weight excluding hydrogens is 262 g/mol. The molecule has 0 aliphatic rings. The molecular formula is C13H17N3O4. The van der Waals surface area contributed by atoms with Crippen LogP contribution in [0.2, 0.25) is 0 Å². The van der Waals surface area contributed by atoms with E-state index in [1.165, 1.54) is 18.2 Å². The van der Waals surface area contributed by atoms with Crippen LogP contribution in [-0.4, -0.2) is 23.4 Å². The molecule has 1 aromatic rings. The number of nitro benzene ring substituents is 1. The number of hydrogen-bond acceptors (Lipinski definition) is 4. The highest BCUT2D eigenvalue weighted by Crippen LogP contribution is 2.20. The molecule has 108 valence electrons. The number of amides is 3. The van der Waals surface area contributed by atoms with Crippen molar-refractivity contribution in [2.24, 2.45) is 0 Å². The van der Waals surface area contributed by atoms with Gasteiger partial charge in [0, 0.05) is 23.7 Å². The van der Waals surface area contributed by atoms with Gasteiger partial charge in [-0.15, -0.1) is 0 Å². The number of nitrogens with zero attached hydrogens (tertiary/aromatic N) is 1. The molecule has 7 heteroatoms. The van der Waals surface area contributed by atoms with Crippen molar-refractivity contribution >= 4 is 17.6 Å². The van der Waals surface area contributed by atoms with Gasteiger partial charge in [0.25, 0.3) is 11.6 Å². The zero-order valence-electron chi connectivity index (χ0n) is 11.4. The number of benzene rings is 1. The monoisotopic (exact) mass is 279 g/mol. The lowest BCUT2D eigenvalue weighted by atomic mass is 10.1. The summed E-state index contributed by atoms with van der Waals surface area (Å²) in [4.78, 5) is 33.5. The fourth-order valence-electron chi connectivity index (χ4n) is 1.63. The number of nitrogens with one attached hydrogen (secondary N) is 2. The maximum Gasteiger partial charge on any atom is 0.321 e. The molecule has 7 nitrogen and oxygen atoms in total. The first-order valence-electron chi connectivity index (χ1n) is 6.36. The van der Waals surface area contributed by atoms with Gasteiger partial charge in [0.2, 0.25) is 0 Å². The highest BCUT2D eigenvalue weighted by molar-refractivity contribution is 6.04. The number of imide groups is 1. The summed E-state index contributed by atoms with van der Waals surface area (Å²) in [5.74, 6) is -0.663. The second-order valence-electron chi connectivity index (χ2n) is 4.16. The van der Waals surface area contributed by atoms with Crippen molar-refractivity contribution in [2.75, 3.05) is 6.54 Å². The highest BCUT2D eigenvalue weighted by Gasteiger charge is 2.17. The van der Waals surface area contributed by atoms with Crippen molar-refractivity contribution in [3.05, 3.63) is 39.4 Å². The Morgan fingerprint density at radius 2 is 2.00 bits per heavy atom. The predicted molar refractivity (Wildman–Crippen MR) is 73.6 cm³/mol. The Labute approximate surface area is 116 Å². The minimum atomic E-state index is -0.663. The molecule has 0 atom stereocenters. The van der Waals surface area contributed by atoms with Gasteiger partial charge in [-0.2, -0.15) is 0 Å². The molecule has 0 aliphatic carbocycles. The molecule has 0 aromatic heterocycles. The Bertz CT molecular complexity index is 528. The van der Waals surface area contributed by atoms with Crippen LogP contribution in [0.15, 0.2) is 18.2 Å². The average Bonchev–Trinajstić information content (AvgIpc) is 2.44. The number of aryl methyl sites for hydroxylation is 1. The lowest BCUT2D eigenvalue weighted by Crippen LogP contribution is -2.39. The molecule has 0 radical (unpaired) electrons. The molecule has 0 spiro atoms. The Hall–Kier alpha value is -2.44. The summed E-state index contributed by atoms with van der Waals surface area (Å²) in [6, 6.07) is 3.56. The van der Waals surface area contributed by atoms with Crippen molar-refractivity contribution in [2.45, 2.75) is 26.7 Å². The predicted octanol–water partition coefficient (Wildman–Crippen LogP) is 2.01. The zero-order chi connectivity index (χ0) is 15.1. The molecule has 2 N–H and O–H groups in total. The van der Waals surface area contributed by atoms with Gasteiger partial charge >= 0.3 is 6.03 Å². The molecule has 1 rings (SSSR count). The third kappa shape index (κ3) is 4.04. The summed E-state index contributed by atoms with van der Waals surface area (Å²) in [5, 5.41) is 15.5. The summed E-state index contributed by atoms with van der Waals surface area (Å²) < 4.78 is 0. The van der Waals surface area contributed by atoms with Crippen molar-refractivity contribution in [1.82, 2.24) is 10.6 Å². The first kappa shape index (κ1) is 15.6. The van der Waals surface area contributed by atoms with E-state index in [9.17, 15) is 19.7 Å². The number of hydrogen-bond donors (Lipinski definition) is 2. The molecule has 0 heterocycles. The molecule has 0 aliphatic heterocycles. The zero-order valence-corrected chi connectivity index (χ0v) is 11.4. The second-order valence-corrected chi connectivity index (χ2v) is 4.16. The summed E-state index contributed by atoms with van der Waals surface area (Å²) in [7, 11) is 0. The lowest BCUT2D eigenvalue weighted by molar-refractivity contribution is -0.385. The van der Waals surface area contributed by atoms with E-state index < -0.39 is 16.9 Å². The molecule has 1 aromatic carbocycles. The number of carbonyl (C=O) groups is 2. The van der Waals surface area contributed by atoms with Gasteiger partial charge in [0.15, 0.2) is 0 Å². The van der Waals surface area contributed by atoms with E-state index in [-0.39, 0.29) is 11.3 Å². The smallest absolute Gasteiger partial charge is 0.321 e. The SMILES string of the molecule is CCCNC(=O)NC(=O)c1ccc(CC)c([N+](=O)[O-])c1. The van der Waals surface area contributed by atoms with Gasteiger partial charge in [-0.1, -0.05) is 19.9 Å². The highest BCUT2D eigenvalue weighted by atomic mass is 16.6. The van der Waals surface area contributed by atoms with Crippen LogP contribution in [0, 0.1) is 10.1 Å². The molecule has 0 fully saturated rings. The first-order chi connectivity index (χ1) is 9.49. The van der Waals surface area contributed by atoms with Gasteiger partial charge < -0.3 is 5.32 Å². The van der Waals surface area contributed by atoms with Crippen LogP contribution in [0.5, 0.6) is 0 Å². The Morgan fingerprint density at radius 3 is 2.55 bits per heavy atom. The minimum absolute atomic E-state index is 0.0838. The van der Waals surface area contributed by atoms with Crippen molar-refractivity contribution in [3.8, 4) is 0 Å². The standard InChI is InChI=1S/C13H17N3O4/c1-3-7-14-13(18)15-12(17)10-6-5-9(4-2)11(8-10)16(19)20/h5-6,8H,3-4,7H2,1-2H3,(H2,14,15,17,18).